The fourth-order valence-corrected chi connectivity index (χ4v) is 3.09. The van der Waals surface area contributed by atoms with Gasteiger partial charge >= 0.3 is 5.97 Å². The molecule has 4 aromatic rings. The molecule has 4 rings (SSSR count). The van der Waals surface area contributed by atoms with Gasteiger partial charge in [-0.25, -0.2) is 4.79 Å². The molecule has 4 N–H and O–H groups in total. The van der Waals surface area contributed by atoms with Gasteiger partial charge in [0.05, 0.1) is 10.5 Å². The molecule has 0 aliphatic rings. The number of phenolic OH excluding ortho intramolecular Hbond substituents is 4. The number of phenols is 4. The number of non-ortho nitro benzene ring substituents is 1. The van der Waals surface area contributed by atoms with E-state index in [2.05, 4.69) is 0 Å². The molecule has 0 fully saturated rings. The molecule has 1 heterocycles. The third kappa shape index (κ3) is 3.85. The number of esters is 1. The van der Waals surface area contributed by atoms with Crippen LogP contribution in [0.5, 0.6) is 28.7 Å². The summed E-state index contributed by atoms with van der Waals surface area (Å²) in [7, 11) is 0. The summed E-state index contributed by atoms with van der Waals surface area (Å²) in [5, 5.41) is 49.7. The molecule has 0 amide bonds. The van der Waals surface area contributed by atoms with E-state index in [4.69, 9.17) is 9.15 Å². The van der Waals surface area contributed by atoms with Crippen molar-refractivity contribution < 1.29 is 39.3 Å². The maximum atomic E-state index is 13.1. The van der Waals surface area contributed by atoms with E-state index >= 15 is 0 Å². The van der Waals surface area contributed by atoms with Crippen LogP contribution < -0.4 is 10.2 Å². The Balaban J connectivity index is 1.90. The van der Waals surface area contributed by atoms with Gasteiger partial charge in [-0.05, 0) is 30.3 Å². The number of fused-ring (bicyclic) bond motifs is 1. The van der Waals surface area contributed by atoms with E-state index < -0.39 is 45.1 Å². The molecule has 33 heavy (non-hydrogen) atoms. The van der Waals surface area contributed by atoms with E-state index in [0.29, 0.717) is 0 Å². The minimum Gasteiger partial charge on any atom is -0.508 e. The van der Waals surface area contributed by atoms with Crippen molar-refractivity contribution >= 4 is 22.6 Å². The Morgan fingerprint density at radius 1 is 0.909 bits per heavy atom. The van der Waals surface area contributed by atoms with E-state index in [-0.39, 0.29) is 33.5 Å². The molecule has 0 radical (unpaired) electrons. The van der Waals surface area contributed by atoms with Gasteiger partial charge in [-0.1, -0.05) is 0 Å². The second-order valence-corrected chi connectivity index (χ2v) is 6.82. The molecular weight excluding hydrogens is 438 g/mol. The van der Waals surface area contributed by atoms with E-state index in [0.717, 1.165) is 48.5 Å². The molecule has 0 unspecified atom stereocenters. The lowest BCUT2D eigenvalue weighted by atomic mass is 10.1. The summed E-state index contributed by atoms with van der Waals surface area (Å²) in [5.74, 6) is -4.10. The summed E-state index contributed by atoms with van der Waals surface area (Å²) in [6.45, 7) is 0. The van der Waals surface area contributed by atoms with Gasteiger partial charge in [0.15, 0.2) is 17.3 Å². The van der Waals surface area contributed by atoms with Crippen LogP contribution in [0.15, 0.2) is 63.8 Å². The summed E-state index contributed by atoms with van der Waals surface area (Å²) in [5.41, 5.74) is -1.56. The zero-order valence-electron chi connectivity index (χ0n) is 16.4. The lowest BCUT2D eigenvalue weighted by Crippen LogP contribution is -2.16. The minimum absolute atomic E-state index is 0.0265. The van der Waals surface area contributed by atoms with Crippen molar-refractivity contribution in [3.05, 3.63) is 80.5 Å². The molecule has 0 spiro atoms. The summed E-state index contributed by atoms with van der Waals surface area (Å²) >= 11 is 0. The Bertz CT molecular complexity index is 1490. The van der Waals surface area contributed by atoms with Gasteiger partial charge in [0.25, 0.3) is 5.69 Å². The smallest absolute Gasteiger partial charge is 0.343 e. The molecule has 11 heteroatoms. The van der Waals surface area contributed by atoms with Crippen LogP contribution in [-0.2, 0) is 0 Å². The van der Waals surface area contributed by atoms with E-state index in [1.807, 2.05) is 0 Å². The number of carbonyl (C=O) groups excluding carboxylic acids is 1. The molecule has 0 saturated heterocycles. The molecular formula is C22H13NO10. The Kier molecular flexibility index (Phi) is 5.06. The van der Waals surface area contributed by atoms with Gasteiger partial charge < -0.3 is 29.6 Å². The second kappa shape index (κ2) is 7.89. The molecule has 0 atom stereocenters. The number of nitro groups is 1. The summed E-state index contributed by atoms with van der Waals surface area (Å²) in [6, 6.07) is 9.79. The molecule has 0 bridgehead atoms. The summed E-state index contributed by atoms with van der Waals surface area (Å²) < 4.78 is 10.9. The molecule has 166 valence electrons. The average Bonchev–Trinajstić information content (AvgIpc) is 2.76. The second-order valence-electron chi connectivity index (χ2n) is 6.82. The van der Waals surface area contributed by atoms with Crippen LogP contribution in [0, 0.1) is 10.1 Å². The van der Waals surface area contributed by atoms with Gasteiger partial charge in [-0.2, -0.15) is 0 Å². The molecule has 0 aliphatic carbocycles. The number of aromatic hydroxyl groups is 4. The van der Waals surface area contributed by atoms with Crippen molar-refractivity contribution in [1.29, 1.82) is 0 Å². The van der Waals surface area contributed by atoms with Gasteiger partial charge in [-0.3, -0.25) is 14.9 Å². The van der Waals surface area contributed by atoms with Crippen molar-refractivity contribution in [1.82, 2.24) is 0 Å². The average molecular weight is 451 g/mol. The van der Waals surface area contributed by atoms with Gasteiger partial charge in [-0.15, -0.1) is 0 Å². The van der Waals surface area contributed by atoms with E-state index in [1.54, 1.807) is 0 Å². The predicted octanol–water partition coefficient (Wildman–Crippen LogP) is 3.41. The van der Waals surface area contributed by atoms with Crippen LogP contribution >= 0.6 is 0 Å². The van der Waals surface area contributed by atoms with Crippen LogP contribution in [0.2, 0.25) is 0 Å². The Morgan fingerprint density at radius 3 is 2.24 bits per heavy atom. The number of hydrogen-bond donors (Lipinski definition) is 4. The lowest BCUT2D eigenvalue weighted by Gasteiger charge is -2.12. The number of hydrogen-bond acceptors (Lipinski definition) is 10. The van der Waals surface area contributed by atoms with E-state index in [9.17, 15) is 40.1 Å². The SMILES string of the molecule is O=C(Oc1c(-c2ccc(O)c(O)c2)oc2cc(O)cc(O)c2c1=O)c1ccc([N+](=O)[O-])cc1. The van der Waals surface area contributed by atoms with Crippen LogP contribution in [0.1, 0.15) is 10.4 Å². The first-order valence-corrected chi connectivity index (χ1v) is 9.17. The van der Waals surface area contributed by atoms with Gasteiger partial charge in [0.2, 0.25) is 11.2 Å². The number of benzene rings is 3. The van der Waals surface area contributed by atoms with Crippen molar-refractivity contribution in [3.8, 4) is 40.1 Å². The first-order valence-electron chi connectivity index (χ1n) is 9.17. The van der Waals surface area contributed by atoms with Crippen molar-refractivity contribution in [2.24, 2.45) is 0 Å². The van der Waals surface area contributed by atoms with Gasteiger partial charge in [0, 0.05) is 29.8 Å². The Morgan fingerprint density at radius 2 is 1.61 bits per heavy atom. The Labute approximate surface area is 183 Å². The van der Waals surface area contributed by atoms with E-state index in [1.165, 1.54) is 6.07 Å². The highest BCUT2D eigenvalue weighted by atomic mass is 16.6. The highest BCUT2D eigenvalue weighted by Gasteiger charge is 2.24. The predicted molar refractivity (Wildman–Crippen MR) is 113 cm³/mol. The molecule has 0 aliphatic heterocycles. The third-order valence-electron chi connectivity index (χ3n) is 4.66. The maximum Gasteiger partial charge on any atom is 0.343 e. The Hall–Kier alpha value is -5.06. The standard InChI is InChI=1S/C22H13NO10/c24-13-8-16(27)18-17(9-13)32-20(11-3-6-14(25)15(26)7-11)21(19(18)28)33-22(29)10-1-4-12(5-2-10)23(30)31/h1-9,24-27H. The molecule has 0 saturated carbocycles. The quantitative estimate of drug-likeness (QED) is 0.155. The topological polar surface area (TPSA) is 181 Å². The number of nitro benzene ring substituents is 1. The third-order valence-corrected chi connectivity index (χ3v) is 4.66. The van der Waals surface area contributed by atoms with Gasteiger partial charge in [0.1, 0.15) is 22.5 Å². The molecule has 11 nitrogen and oxygen atoms in total. The number of nitrogens with zero attached hydrogens (tertiary/aromatic N) is 1. The first kappa shape index (κ1) is 21.2. The number of rotatable bonds is 4. The number of carbonyl (C=O) groups is 1. The zero-order chi connectivity index (χ0) is 23.9. The van der Waals surface area contributed by atoms with Crippen molar-refractivity contribution in [2.45, 2.75) is 0 Å². The minimum atomic E-state index is -1.06. The van der Waals surface area contributed by atoms with Crippen molar-refractivity contribution in [2.75, 3.05) is 0 Å². The summed E-state index contributed by atoms with van der Waals surface area (Å²) in [4.78, 5) is 36.0. The summed E-state index contributed by atoms with van der Waals surface area (Å²) in [6.07, 6.45) is 0. The first-order chi connectivity index (χ1) is 15.7. The largest absolute Gasteiger partial charge is 0.508 e. The maximum absolute atomic E-state index is 13.1. The molecule has 1 aromatic heterocycles. The fraction of sp³-hybridized carbons (Fsp3) is 0. The highest BCUT2D eigenvalue weighted by molar-refractivity contribution is 5.94. The monoisotopic (exact) mass is 451 g/mol. The lowest BCUT2D eigenvalue weighted by molar-refractivity contribution is -0.384. The number of ether oxygens (including phenoxy) is 1. The molecule has 3 aromatic carbocycles. The van der Waals surface area contributed by atoms with Crippen LogP contribution in [0.25, 0.3) is 22.3 Å². The fourth-order valence-electron chi connectivity index (χ4n) is 3.09. The zero-order valence-corrected chi connectivity index (χ0v) is 16.4. The van der Waals surface area contributed by atoms with Crippen LogP contribution in [-0.4, -0.2) is 31.3 Å². The highest BCUT2D eigenvalue weighted by Crippen LogP contribution is 2.38. The normalized spacial score (nSPS) is 10.8. The van der Waals surface area contributed by atoms with Crippen LogP contribution in [0.4, 0.5) is 5.69 Å². The van der Waals surface area contributed by atoms with Crippen molar-refractivity contribution in [3.63, 3.8) is 0 Å². The van der Waals surface area contributed by atoms with Crippen LogP contribution in [0.3, 0.4) is 0 Å².